The van der Waals surface area contributed by atoms with Crippen LogP contribution < -0.4 is 0 Å². The van der Waals surface area contributed by atoms with Crippen LogP contribution in [0.4, 0.5) is 0 Å². The summed E-state index contributed by atoms with van der Waals surface area (Å²) in [6.45, 7) is 7.03. The third kappa shape index (κ3) is 4.13. The van der Waals surface area contributed by atoms with Crippen molar-refractivity contribution in [2.75, 3.05) is 19.8 Å². The molecule has 0 radical (unpaired) electrons. The SMILES string of the molecule is Cc1ccsc1CN(Cc1ccccn1)C[C@H]1CCOC1. The van der Waals surface area contributed by atoms with Crippen molar-refractivity contribution >= 4 is 11.3 Å². The number of pyridine rings is 1. The first-order valence-corrected chi connectivity index (χ1v) is 8.42. The third-order valence-corrected chi connectivity index (χ3v) is 5.00. The van der Waals surface area contributed by atoms with Crippen LogP contribution in [0.1, 0.15) is 22.6 Å². The van der Waals surface area contributed by atoms with E-state index in [9.17, 15) is 0 Å². The van der Waals surface area contributed by atoms with Crippen LogP contribution in [-0.4, -0.2) is 29.6 Å². The summed E-state index contributed by atoms with van der Waals surface area (Å²) in [5, 5.41) is 2.18. The molecule has 3 rings (SSSR count). The summed E-state index contributed by atoms with van der Waals surface area (Å²) in [5.74, 6) is 0.661. The predicted molar refractivity (Wildman–Crippen MR) is 86.3 cm³/mol. The zero-order valence-corrected chi connectivity index (χ0v) is 13.3. The van der Waals surface area contributed by atoms with E-state index in [1.807, 2.05) is 23.6 Å². The van der Waals surface area contributed by atoms with Gasteiger partial charge in [0.15, 0.2) is 0 Å². The first kappa shape index (κ1) is 14.7. The van der Waals surface area contributed by atoms with E-state index in [-0.39, 0.29) is 0 Å². The molecular formula is C17H22N2OS. The van der Waals surface area contributed by atoms with Crippen molar-refractivity contribution < 1.29 is 4.74 Å². The highest BCUT2D eigenvalue weighted by molar-refractivity contribution is 7.10. The second kappa shape index (κ2) is 7.16. The molecule has 3 heterocycles. The third-order valence-electron chi connectivity index (χ3n) is 3.99. The van der Waals surface area contributed by atoms with Gasteiger partial charge in [-0.1, -0.05) is 6.07 Å². The van der Waals surface area contributed by atoms with Crippen LogP contribution in [0, 0.1) is 12.8 Å². The molecule has 1 fully saturated rings. The number of ether oxygens (including phenoxy) is 1. The van der Waals surface area contributed by atoms with Crippen LogP contribution in [0.2, 0.25) is 0 Å². The molecule has 0 amide bonds. The minimum atomic E-state index is 0.661. The predicted octanol–water partition coefficient (Wildman–Crippen LogP) is 3.49. The fourth-order valence-electron chi connectivity index (χ4n) is 2.77. The van der Waals surface area contributed by atoms with Crippen LogP contribution in [0.5, 0.6) is 0 Å². The molecule has 1 aliphatic rings. The topological polar surface area (TPSA) is 25.4 Å². The molecule has 2 aromatic rings. The van der Waals surface area contributed by atoms with Gasteiger partial charge in [0.05, 0.1) is 12.3 Å². The average Bonchev–Trinajstić information content (AvgIpc) is 3.13. The van der Waals surface area contributed by atoms with E-state index >= 15 is 0 Å². The van der Waals surface area contributed by atoms with Crippen molar-refractivity contribution in [3.63, 3.8) is 0 Å². The zero-order chi connectivity index (χ0) is 14.5. The van der Waals surface area contributed by atoms with Crippen molar-refractivity contribution in [1.82, 2.24) is 9.88 Å². The second-order valence-corrected chi connectivity index (χ2v) is 6.75. The van der Waals surface area contributed by atoms with E-state index in [0.29, 0.717) is 5.92 Å². The van der Waals surface area contributed by atoms with Gasteiger partial charge in [0.1, 0.15) is 0 Å². The van der Waals surface area contributed by atoms with Gasteiger partial charge in [-0.2, -0.15) is 0 Å². The van der Waals surface area contributed by atoms with E-state index in [4.69, 9.17) is 4.74 Å². The molecule has 3 nitrogen and oxygen atoms in total. The lowest BCUT2D eigenvalue weighted by Crippen LogP contribution is -2.29. The summed E-state index contributed by atoms with van der Waals surface area (Å²) in [6, 6.07) is 8.36. The van der Waals surface area contributed by atoms with Gasteiger partial charge in [-0.15, -0.1) is 11.3 Å². The standard InChI is InChI=1S/C17H22N2OS/c1-14-6-9-21-17(14)12-19(10-15-5-8-20-13-15)11-16-4-2-3-7-18-16/h2-4,6-7,9,15H,5,8,10-13H2,1H3/t15-/m1/s1. The highest BCUT2D eigenvalue weighted by Gasteiger charge is 2.20. The smallest absolute Gasteiger partial charge is 0.0544 e. The van der Waals surface area contributed by atoms with Gasteiger partial charge in [0.2, 0.25) is 0 Å². The Morgan fingerprint density at radius 1 is 1.33 bits per heavy atom. The Bertz CT molecular complexity index is 549. The molecule has 0 aromatic carbocycles. The van der Waals surface area contributed by atoms with E-state index in [1.54, 1.807) is 0 Å². The molecule has 0 saturated carbocycles. The first-order valence-electron chi connectivity index (χ1n) is 7.54. The summed E-state index contributed by atoms with van der Waals surface area (Å²) in [7, 11) is 0. The molecule has 0 spiro atoms. The van der Waals surface area contributed by atoms with Crippen molar-refractivity contribution in [2.45, 2.75) is 26.4 Å². The molecule has 1 saturated heterocycles. The Morgan fingerprint density at radius 3 is 2.95 bits per heavy atom. The average molecular weight is 302 g/mol. The van der Waals surface area contributed by atoms with Crippen LogP contribution in [0.3, 0.4) is 0 Å². The summed E-state index contributed by atoms with van der Waals surface area (Å²) in [5.41, 5.74) is 2.54. The fourth-order valence-corrected chi connectivity index (χ4v) is 3.71. The van der Waals surface area contributed by atoms with Crippen LogP contribution in [0.15, 0.2) is 35.8 Å². The number of rotatable bonds is 6. The Labute approximate surface area is 130 Å². The molecule has 1 atom stereocenters. The van der Waals surface area contributed by atoms with Gasteiger partial charge in [-0.05, 0) is 48.4 Å². The minimum absolute atomic E-state index is 0.661. The molecule has 0 unspecified atom stereocenters. The summed E-state index contributed by atoms with van der Waals surface area (Å²) >= 11 is 1.85. The molecule has 112 valence electrons. The monoisotopic (exact) mass is 302 g/mol. The Balaban J connectivity index is 1.69. The van der Waals surface area contributed by atoms with E-state index in [1.165, 1.54) is 16.9 Å². The lowest BCUT2D eigenvalue weighted by Gasteiger charge is -2.24. The molecule has 0 bridgehead atoms. The Morgan fingerprint density at radius 2 is 2.29 bits per heavy atom. The molecule has 0 aliphatic carbocycles. The largest absolute Gasteiger partial charge is 0.381 e. The minimum Gasteiger partial charge on any atom is -0.381 e. The molecule has 0 N–H and O–H groups in total. The lowest BCUT2D eigenvalue weighted by molar-refractivity contribution is 0.161. The van der Waals surface area contributed by atoms with Gasteiger partial charge in [-0.25, -0.2) is 0 Å². The summed E-state index contributed by atoms with van der Waals surface area (Å²) in [4.78, 5) is 8.45. The quantitative estimate of drug-likeness (QED) is 0.817. The highest BCUT2D eigenvalue weighted by atomic mass is 32.1. The van der Waals surface area contributed by atoms with Crippen molar-refractivity contribution in [3.05, 3.63) is 52.0 Å². The number of thiophene rings is 1. The Kier molecular flexibility index (Phi) is 5.01. The Hall–Kier alpha value is -1.23. The summed E-state index contributed by atoms with van der Waals surface area (Å²) in [6.07, 6.45) is 3.06. The molecule has 1 aliphatic heterocycles. The number of aryl methyl sites for hydroxylation is 1. The lowest BCUT2D eigenvalue weighted by atomic mass is 10.1. The second-order valence-electron chi connectivity index (χ2n) is 5.75. The number of hydrogen-bond acceptors (Lipinski definition) is 4. The molecule has 21 heavy (non-hydrogen) atoms. The maximum absolute atomic E-state index is 5.53. The van der Waals surface area contributed by atoms with E-state index < -0.39 is 0 Å². The maximum Gasteiger partial charge on any atom is 0.0544 e. The van der Waals surface area contributed by atoms with Crippen LogP contribution in [-0.2, 0) is 17.8 Å². The van der Waals surface area contributed by atoms with Gasteiger partial charge in [0, 0.05) is 37.3 Å². The molecular weight excluding hydrogens is 280 g/mol. The van der Waals surface area contributed by atoms with Crippen molar-refractivity contribution in [3.8, 4) is 0 Å². The van der Waals surface area contributed by atoms with Crippen molar-refractivity contribution in [2.24, 2.45) is 5.92 Å². The van der Waals surface area contributed by atoms with Gasteiger partial charge >= 0.3 is 0 Å². The summed E-state index contributed by atoms with van der Waals surface area (Å²) < 4.78 is 5.53. The highest BCUT2D eigenvalue weighted by Crippen LogP contribution is 2.21. The number of hydrogen-bond donors (Lipinski definition) is 0. The van der Waals surface area contributed by atoms with E-state index in [2.05, 4.69) is 40.4 Å². The number of aromatic nitrogens is 1. The number of nitrogens with zero attached hydrogens (tertiary/aromatic N) is 2. The van der Waals surface area contributed by atoms with Crippen LogP contribution >= 0.6 is 11.3 Å². The van der Waals surface area contributed by atoms with Gasteiger partial charge in [-0.3, -0.25) is 9.88 Å². The first-order chi connectivity index (χ1) is 10.3. The normalized spacial score (nSPS) is 18.5. The van der Waals surface area contributed by atoms with Gasteiger partial charge in [0.25, 0.3) is 0 Å². The zero-order valence-electron chi connectivity index (χ0n) is 12.5. The van der Waals surface area contributed by atoms with Crippen molar-refractivity contribution in [1.29, 1.82) is 0 Å². The maximum atomic E-state index is 5.53. The molecule has 4 heteroatoms. The van der Waals surface area contributed by atoms with E-state index in [0.717, 1.165) is 38.5 Å². The van der Waals surface area contributed by atoms with Gasteiger partial charge < -0.3 is 4.74 Å². The molecule has 2 aromatic heterocycles. The van der Waals surface area contributed by atoms with Crippen LogP contribution in [0.25, 0.3) is 0 Å². The fraction of sp³-hybridized carbons (Fsp3) is 0.471.